The molecule has 0 radical (unpaired) electrons. The number of benzene rings is 3. The topological polar surface area (TPSA) is 72.2 Å². The van der Waals surface area contributed by atoms with Gasteiger partial charge in [-0.25, -0.2) is 17.2 Å². The number of aryl methyl sites for hydroxylation is 1. The Hall–Kier alpha value is -3.52. The van der Waals surface area contributed by atoms with Gasteiger partial charge in [0.2, 0.25) is 26.6 Å². The number of oxazole rings is 1. The van der Waals surface area contributed by atoms with E-state index >= 15 is 0 Å². The lowest BCUT2D eigenvalue weighted by Crippen LogP contribution is -2.07. The summed E-state index contributed by atoms with van der Waals surface area (Å²) in [6.07, 6.45) is 0. The van der Waals surface area contributed by atoms with Gasteiger partial charge in [-0.2, -0.15) is 4.98 Å². The van der Waals surface area contributed by atoms with Gasteiger partial charge in [-0.3, -0.25) is 0 Å². The van der Waals surface area contributed by atoms with Gasteiger partial charge in [0.05, 0.1) is 4.90 Å². The van der Waals surface area contributed by atoms with Crippen molar-refractivity contribution in [3.05, 3.63) is 95.6 Å². The molecular weight excluding hydrogens is 422 g/mol. The molecule has 1 N–H and O–H groups in total. The normalized spacial score (nSPS) is 11.5. The van der Waals surface area contributed by atoms with Crippen molar-refractivity contribution in [1.29, 1.82) is 0 Å². The van der Waals surface area contributed by atoms with Crippen LogP contribution in [0.25, 0.3) is 11.5 Å². The minimum absolute atomic E-state index is 0.0492. The molecule has 1 aromatic heterocycles. The van der Waals surface area contributed by atoms with E-state index in [9.17, 15) is 17.2 Å². The molecule has 0 atom stereocenters. The second kappa shape index (κ2) is 8.31. The third-order valence-electron chi connectivity index (χ3n) is 4.72. The summed E-state index contributed by atoms with van der Waals surface area (Å²) in [4.78, 5) is 4.16. The number of nitrogens with one attached hydrogen (secondary N) is 1. The van der Waals surface area contributed by atoms with Crippen molar-refractivity contribution in [3.63, 3.8) is 0 Å². The first-order chi connectivity index (χ1) is 14.8. The molecule has 0 spiro atoms. The average molecular weight is 440 g/mol. The highest BCUT2D eigenvalue weighted by molar-refractivity contribution is 7.91. The molecule has 0 aliphatic rings. The number of sulfone groups is 1. The van der Waals surface area contributed by atoms with Gasteiger partial charge in [0.25, 0.3) is 0 Å². The zero-order chi connectivity index (χ0) is 22.0. The van der Waals surface area contributed by atoms with Crippen LogP contribution in [0.5, 0.6) is 0 Å². The van der Waals surface area contributed by atoms with E-state index in [4.69, 9.17) is 4.42 Å². The molecule has 1 heterocycles. The fraction of sp³-hybridized carbons (Fsp3) is 0.0870. The molecule has 8 heteroatoms. The lowest BCUT2D eigenvalue weighted by Gasteiger charge is -2.06. The molecule has 0 unspecified atom stereocenters. The highest BCUT2D eigenvalue weighted by Crippen LogP contribution is 2.33. The Morgan fingerprint density at radius 2 is 1.52 bits per heavy atom. The van der Waals surface area contributed by atoms with Gasteiger partial charge in [-0.15, -0.1) is 0 Å². The van der Waals surface area contributed by atoms with Crippen LogP contribution in [-0.4, -0.2) is 13.4 Å². The highest BCUT2D eigenvalue weighted by Gasteiger charge is 2.29. The van der Waals surface area contributed by atoms with Crippen molar-refractivity contribution in [2.45, 2.75) is 23.4 Å². The van der Waals surface area contributed by atoms with Crippen molar-refractivity contribution in [3.8, 4) is 11.5 Å². The van der Waals surface area contributed by atoms with Crippen LogP contribution in [-0.2, 0) is 16.4 Å². The molecule has 31 heavy (non-hydrogen) atoms. The molecule has 4 rings (SSSR count). The first-order valence-electron chi connectivity index (χ1n) is 9.40. The van der Waals surface area contributed by atoms with Crippen molar-refractivity contribution in [2.75, 3.05) is 5.32 Å². The van der Waals surface area contributed by atoms with E-state index in [2.05, 4.69) is 10.3 Å². The molecule has 158 valence electrons. The van der Waals surface area contributed by atoms with E-state index in [1.165, 1.54) is 24.3 Å². The van der Waals surface area contributed by atoms with Gasteiger partial charge >= 0.3 is 0 Å². The Kier molecular flexibility index (Phi) is 5.56. The number of hydrogen-bond donors (Lipinski definition) is 1. The van der Waals surface area contributed by atoms with Crippen LogP contribution in [0, 0.1) is 18.6 Å². The Labute approximate surface area is 178 Å². The number of anilines is 1. The molecule has 4 aromatic rings. The van der Waals surface area contributed by atoms with E-state index in [-0.39, 0.29) is 34.1 Å². The SMILES string of the molecule is Cc1ccccc1-c1nc(S(=O)(=O)c2ccc(F)cc2)c(NCc2ccc(F)cc2)o1. The minimum atomic E-state index is -4.09. The van der Waals surface area contributed by atoms with Gasteiger partial charge in [-0.05, 0) is 60.5 Å². The van der Waals surface area contributed by atoms with Crippen molar-refractivity contribution in [2.24, 2.45) is 0 Å². The van der Waals surface area contributed by atoms with Crippen LogP contribution in [0.3, 0.4) is 0 Å². The maximum Gasteiger partial charge on any atom is 0.234 e. The zero-order valence-corrected chi connectivity index (χ0v) is 17.3. The van der Waals surface area contributed by atoms with Crippen LogP contribution in [0.4, 0.5) is 14.7 Å². The van der Waals surface area contributed by atoms with Gasteiger partial charge in [0, 0.05) is 12.1 Å². The quantitative estimate of drug-likeness (QED) is 0.408. The standard InChI is InChI=1S/C23H18F2N2O3S/c1-15-4-2-3-5-20(15)21-27-23(31(28,29)19-12-10-18(25)11-13-19)22(30-21)26-14-16-6-8-17(24)9-7-16/h2-13,26H,14H2,1H3. The van der Waals surface area contributed by atoms with E-state index in [1.807, 2.05) is 19.1 Å². The van der Waals surface area contributed by atoms with E-state index in [0.717, 1.165) is 23.3 Å². The summed E-state index contributed by atoms with van der Waals surface area (Å²) < 4.78 is 58.7. The second-order valence-electron chi connectivity index (χ2n) is 6.91. The van der Waals surface area contributed by atoms with E-state index in [0.29, 0.717) is 5.56 Å². The maximum absolute atomic E-state index is 13.3. The Morgan fingerprint density at radius 3 is 2.16 bits per heavy atom. The summed E-state index contributed by atoms with van der Waals surface area (Å²) in [5.41, 5.74) is 2.23. The van der Waals surface area contributed by atoms with E-state index < -0.39 is 15.7 Å². The molecule has 0 aliphatic heterocycles. The third-order valence-corrected chi connectivity index (χ3v) is 6.39. The number of rotatable bonds is 6. The number of hydrogen-bond acceptors (Lipinski definition) is 5. The first-order valence-corrected chi connectivity index (χ1v) is 10.9. The first kappa shape index (κ1) is 20.7. The van der Waals surface area contributed by atoms with Crippen LogP contribution in [0.15, 0.2) is 87.1 Å². The fourth-order valence-corrected chi connectivity index (χ4v) is 4.32. The number of aromatic nitrogens is 1. The average Bonchev–Trinajstić information content (AvgIpc) is 3.19. The second-order valence-corrected chi connectivity index (χ2v) is 8.77. The monoisotopic (exact) mass is 440 g/mol. The van der Waals surface area contributed by atoms with Crippen molar-refractivity contribution >= 4 is 15.7 Å². The maximum atomic E-state index is 13.3. The summed E-state index contributed by atoms with van der Waals surface area (Å²) in [5, 5.41) is 2.63. The molecule has 0 aliphatic carbocycles. The third kappa shape index (κ3) is 4.34. The van der Waals surface area contributed by atoms with E-state index in [1.54, 1.807) is 24.3 Å². The molecule has 3 aromatic carbocycles. The van der Waals surface area contributed by atoms with Crippen molar-refractivity contribution < 1.29 is 21.6 Å². The van der Waals surface area contributed by atoms with Gasteiger partial charge in [-0.1, -0.05) is 30.3 Å². The molecule has 0 saturated carbocycles. The molecular formula is C23H18F2N2O3S. The highest BCUT2D eigenvalue weighted by atomic mass is 32.2. The predicted octanol–water partition coefficient (Wildman–Crippen LogP) is 5.37. The Bertz CT molecular complexity index is 1320. The fourth-order valence-electron chi connectivity index (χ4n) is 3.04. The molecule has 0 amide bonds. The molecule has 0 bridgehead atoms. The van der Waals surface area contributed by atoms with Gasteiger partial charge < -0.3 is 9.73 Å². The van der Waals surface area contributed by atoms with Crippen LogP contribution < -0.4 is 5.32 Å². The lowest BCUT2D eigenvalue weighted by molar-refractivity contribution is 0.576. The minimum Gasteiger partial charge on any atom is -0.419 e. The number of halogens is 2. The van der Waals surface area contributed by atoms with Crippen molar-refractivity contribution in [1.82, 2.24) is 4.98 Å². The predicted molar refractivity (Wildman–Crippen MR) is 112 cm³/mol. The Morgan fingerprint density at radius 1 is 0.903 bits per heavy atom. The largest absolute Gasteiger partial charge is 0.419 e. The summed E-state index contributed by atoms with van der Waals surface area (Å²) in [6.45, 7) is 2.05. The van der Waals surface area contributed by atoms with Crippen LogP contribution in [0.2, 0.25) is 0 Å². The molecule has 5 nitrogen and oxygen atoms in total. The summed E-state index contributed by atoms with van der Waals surface area (Å²) in [6, 6.07) is 17.6. The summed E-state index contributed by atoms with van der Waals surface area (Å²) in [7, 11) is -4.09. The van der Waals surface area contributed by atoms with Crippen LogP contribution in [0.1, 0.15) is 11.1 Å². The lowest BCUT2D eigenvalue weighted by atomic mass is 10.1. The number of nitrogens with zero attached hydrogens (tertiary/aromatic N) is 1. The van der Waals surface area contributed by atoms with Gasteiger partial charge in [0.1, 0.15) is 11.6 Å². The van der Waals surface area contributed by atoms with Gasteiger partial charge in [0.15, 0.2) is 0 Å². The smallest absolute Gasteiger partial charge is 0.234 e. The molecule has 0 fully saturated rings. The Balaban J connectivity index is 1.77. The van der Waals surface area contributed by atoms with Crippen LogP contribution >= 0.6 is 0 Å². The zero-order valence-electron chi connectivity index (χ0n) is 16.5. The summed E-state index contributed by atoms with van der Waals surface area (Å²) >= 11 is 0. The molecule has 0 saturated heterocycles. The summed E-state index contributed by atoms with van der Waals surface area (Å²) in [5.74, 6) is -0.827.